The molecule has 0 saturated heterocycles. The number of furan rings is 1. The van der Waals surface area contributed by atoms with Crippen LogP contribution in [0.25, 0.3) is 17.0 Å². The molecule has 1 unspecified atom stereocenters. The second-order valence-electron chi connectivity index (χ2n) is 4.19. The molecular weight excluding hydrogens is 212 g/mol. The maximum absolute atomic E-state index is 9.51. The van der Waals surface area contributed by atoms with Crippen molar-refractivity contribution in [3.63, 3.8) is 0 Å². The lowest BCUT2D eigenvalue weighted by Crippen LogP contribution is -1.99. The number of benzene rings is 1. The first kappa shape index (κ1) is 10.2. The maximum Gasteiger partial charge on any atom is 0.137 e. The highest BCUT2D eigenvalue weighted by Crippen LogP contribution is 2.30. The Labute approximate surface area is 99.6 Å². The van der Waals surface area contributed by atoms with E-state index in [2.05, 4.69) is 11.8 Å². The number of para-hydroxylation sites is 1. The molecule has 2 nitrogen and oxygen atoms in total. The van der Waals surface area contributed by atoms with E-state index in [1.807, 2.05) is 31.2 Å². The Morgan fingerprint density at radius 2 is 2.29 bits per heavy atom. The topological polar surface area (TPSA) is 33.4 Å². The maximum atomic E-state index is 9.51. The number of hydrogen-bond acceptors (Lipinski definition) is 2. The van der Waals surface area contributed by atoms with Crippen molar-refractivity contribution in [2.75, 3.05) is 0 Å². The summed E-state index contributed by atoms with van der Waals surface area (Å²) in [4.78, 5) is 0. The highest BCUT2D eigenvalue weighted by molar-refractivity contribution is 5.90. The monoisotopic (exact) mass is 224 g/mol. The third-order valence-electron chi connectivity index (χ3n) is 2.97. The molecule has 1 aliphatic rings. The lowest BCUT2D eigenvalue weighted by molar-refractivity contribution is 0.281. The second-order valence-corrected chi connectivity index (χ2v) is 4.19. The van der Waals surface area contributed by atoms with E-state index in [-0.39, 0.29) is 0 Å². The molecule has 1 N–H and O–H groups in total. The molecule has 0 amide bonds. The van der Waals surface area contributed by atoms with E-state index in [9.17, 15) is 5.11 Å². The van der Waals surface area contributed by atoms with E-state index in [0.29, 0.717) is 6.42 Å². The van der Waals surface area contributed by atoms with Gasteiger partial charge in [-0.3, -0.25) is 0 Å². The summed E-state index contributed by atoms with van der Waals surface area (Å²) in [7, 11) is 0. The van der Waals surface area contributed by atoms with Crippen molar-refractivity contribution >= 4 is 17.0 Å². The average molecular weight is 224 g/mol. The summed E-state index contributed by atoms with van der Waals surface area (Å²) in [5.41, 5.74) is 3.08. The van der Waals surface area contributed by atoms with Gasteiger partial charge in [0.2, 0.25) is 0 Å². The minimum absolute atomic E-state index is 0.546. The summed E-state index contributed by atoms with van der Waals surface area (Å²) in [5.74, 6) is 6.55. The average Bonchev–Trinajstić information content (AvgIpc) is 2.63. The Morgan fingerprint density at radius 1 is 1.41 bits per heavy atom. The predicted molar refractivity (Wildman–Crippen MR) is 67.5 cm³/mol. The van der Waals surface area contributed by atoms with Crippen LogP contribution in [0.4, 0.5) is 0 Å². The van der Waals surface area contributed by atoms with Gasteiger partial charge in [-0.05, 0) is 18.6 Å². The molecule has 1 aromatic carbocycles. The molecule has 0 aliphatic heterocycles. The van der Waals surface area contributed by atoms with Crippen LogP contribution in [-0.4, -0.2) is 11.2 Å². The summed E-state index contributed by atoms with van der Waals surface area (Å²) in [5, 5.41) is 10.6. The van der Waals surface area contributed by atoms with Crippen LogP contribution in [0.15, 0.2) is 28.7 Å². The molecule has 17 heavy (non-hydrogen) atoms. The van der Waals surface area contributed by atoms with Crippen LogP contribution in [0.1, 0.15) is 16.9 Å². The smallest absolute Gasteiger partial charge is 0.137 e. The summed E-state index contributed by atoms with van der Waals surface area (Å²) in [6.45, 7) is 2.03. The molecule has 1 aromatic heterocycles. The van der Waals surface area contributed by atoms with Gasteiger partial charge in [-0.2, -0.15) is 0 Å². The van der Waals surface area contributed by atoms with Gasteiger partial charge in [0.15, 0.2) is 0 Å². The van der Waals surface area contributed by atoms with Crippen LogP contribution in [0, 0.1) is 18.8 Å². The Balaban J connectivity index is 2.30. The van der Waals surface area contributed by atoms with Gasteiger partial charge < -0.3 is 9.52 Å². The van der Waals surface area contributed by atoms with Crippen LogP contribution < -0.4 is 0 Å². The second kappa shape index (κ2) is 3.80. The number of aliphatic hydroxyl groups is 1. The molecule has 0 saturated carbocycles. The first-order valence-electron chi connectivity index (χ1n) is 5.61. The van der Waals surface area contributed by atoms with Gasteiger partial charge in [0, 0.05) is 10.9 Å². The SMILES string of the molecule is Cc1cccc2c3c(oc12)CC#CC(O)/C=C\3. The normalized spacial score (nSPS) is 20.0. The summed E-state index contributed by atoms with van der Waals surface area (Å²) >= 11 is 0. The third-order valence-corrected chi connectivity index (χ3v) is 2.97. The molecule has 1 aliphatic carbocycles. The predicted octanol–water partition coefficient (Wildman–Crippen LogP) is 2.67. The van der Waals surface area contributed by atoms with Crippen molar-refractivity contribution in [1.29, 1.82) is 0 Å². The fourth-order valence-electron chi connectivity index (χ4n) is 2.11. The van der Waals surface area contributed by atoms with E-state index < -0.39 is 6.10 Å². The largest absolute Gasteiger partial charge is 0.459 e. The van der Waals surface area contributed by atoms with E-state index >= 15 is 0 Å². The zero-order valence-corrected chi connectivity index (χ0v) is 9.53. The number of aryl methyl sites for hydroxylation is 1. The molecule has 2 aromatic rings. The number of rotatable bonds is 0. The van der Waals surface area contributed by atoms with Gasteiger partial charge in [0.05, 0.1) is 6.42 Å². The Kier molecular flexibility index (Phi) is 2.28. The highest BCUT2D eigenvalue weighted by atomic mass is 16.3. The van der Waals surface area contributed by atoms with Gasteiger partial charge in [-0.25, -0.2) is 0 Å². The van der Waals surface area contributed by atoms with E-state index in [1.165, 1.54) is 0 Å². The molecule has 0 radical (unpaired) electrons. The van der Waals surface area contributed by atoms with Crippen LogP contribution in [0.5, 0.6) is 0 Å². The van der Waals surface area contributed by atoms with E-state index in [4.69, 9.17) is 4.42 Å². The molecule has 2 heteroatoms. The fraction of sp³-hybridized carbons (Fsp3) is 0.200. The Bertz CT molecular complexity index is 665. The molecule has 0 spiro atoms. The zero-order valence-electron chi connectivity index (χ0n) is 9.53. The molecule has 0 fully saturated rings. The van der Waals surface area contributed by atoms with Gasteiger partial charge in [0.25, 0.3) is 0 Å². The van der Waals surface area contributed by atoms with Gasteiger partial charge in [-0.15, -0.1) is 0 Å². The first-order chi connectivity index (χ1) is 8.25. The minimum atomic E-state index is -0.682. The van der Waals surface area contributed by atoms with Crippen molar-refractivity contribution < 1.29 is 9.52 Å². The van der Waals surface area contributed by atoms with Crippen LogP contribution in [-0.2, 0) is 6.42 Å². The molecule has 1 atom stereocenters. The van der Waals surface area contributed by atoms with Crippen molar-refractivity contribution in [3.8, 4) is 11.8 Å². The van der Waals surface area contributed by atoms with Crippen molar-refractivity contribution in [1.82, 2.24) is 0 Å². The summed E-state index contributed by atoms with van der Waals surface area (Å²) < 4.78 is 5.86. The van der Waals surface area contributed by atoms with E-state index in [1.54, 1.807) is 6.08 Å². The van der Waals surface area contributed by atoms with Gasteiger partial charge in [0.1, 0.15) is 17.4 Å². The first-order valence-corrected chi connectivity index (χ1v) is 5.61. The standard InChI is InChI=1S/C15H12O2/c1-10-4-2-6-13-12-9-8-11(16)5-3-7-14(12)17-15(10)13/h2,4,6,8-9,11,16H,7H2,1H3/b9-8-. The van der Waals surface area contributed by atoms with Crippen LogP contribution in [0.3, 0.4) is 0 Å². The van der Waals surface area contributed by atoms with Crippen molar-refractivity contribution in [3.05, 3.63) is 41.2 Å². The summed E-state index contributed by atoms with van der Waals surface area (Å²) in [6, 6.07) is 6.09. The van der Waals surface area contributed by atoms with Crippen molar-refractivity contribution in [2.45, 2.75) is 19.4 Å². The fourth-order valence-corrected chi connectivity index (χ4v) is 2.11. The molecule has 0 bridgehead atoms. The lowest BCUT2D eigenvalue weighted by Gasteiger charge is -1.99. The molecule has 3 rings (SSSR count). The summed E-state index contributed by atoms with van der Waals surface area (Å²) in [6.07, 6.45) is 3.46. The van der Waals surface area contributed by atoms with Crippen LogP contribution in [0.2, 0.25) is 0 Å². The van der Waals surface area contributed by atoms with Crippen molar-refractivity contribution in [2.24, 2.45) is 0 Å². The zero-order chi connectivity index (χ0) is 11.8. The molecule has 84 valence electrons. The number of hydrogen-bond donors (Lipinski definition) is 1. The van der Waals surface area contributed by atoms with Gasteiger partial charge >= 0.3 is 0 Å². The Morgan fingerprint density at radius 3 is 3.18 bits per heavy atom. The highest BCUT2D eigenvalue weighted by Gasteiger charge is 2.13. The lowest BCUT2D eigenvalue weighted by atomic mass is 10.0. The molecular formula is C15H12O2. The molecule has 1 heterocycles. The third kappa shape index (κ3) is 1.65. The number of aliphatic hydroxyl groups excluding tert-OH is 1. The van der Waals surface area contributed by atoms with Crippen LogP contribution >= 0.6 is 0 Å². The van der Waals surface area contributed by atoms with E-state index in [0.717, 1.165) is 27.9 Å². The Hall–Kier alpha value is -1.98. The number of fused-ring (bicyclic) bond motifs is 3. The minimum Gasteiger partial charge on any atom is -0.459 e. The quantitative estimate of drug-likeness (QED) is 0.698. The van der Waals surface area contributed by atoms with Gasteiger partial charge in [-0.1, -0.05) is 36.1 Å².